The van der Waals surface area contributed by atoms with Gasteiger partial charge < -0.3 is 10.1 Å². The first-order valence-electron chi connectivity index (χ1n) is 7.24. The molecule has 19 heavy (non-hydrogen) atoms. The van der Waals surface area contributed by atoms with Crippen molar-refractivity contribution in [3.8, 4) is 5.75 Å². The molecule has 2 unspecified atom stereocenters. The first-order chi connectivity index (χ1) is 9.08. The normalized spacial score (nSPS) is 14.2. The van der Waals surface area contributed by atoms with Gasteiger partial charge in [-0.1, -0.05) is 33.3 Å². The second-order valence-corrected chi connectivity index (χ2v) is 5.17. The van der Waals surface area contributed by atoms with Gasteiger partial charge in [-0.25, -0.2) is 4.39 Å². The summed E-state index contributed by atoms with van der Waals surface area (Å²) >= 11 is 0. The minimum Gasteiger partial charge on any atom is -0.493 e. The van der Waals surface area contributed by atoms with Gasteiger partial charge in [0.15, 0.2) is 0 Å². The van der Waals surface area contributed by atoms with E-state index in [1.54, 1.807) is 0 Å². The average molecular weight is 267 g/mol. The molecule has 0 saturated carbocycles. The van der Waals surface area contributed by atoms with Gasteiger partial charge in [0.25, 0.3) is 0 Å². The molecule has 1 rings (SSSR count). The molecule has 0 aliphatic carbocycles. The molecule has 2 nitrogen and oxygen atoms in total. The zero-order valence-corrected chi connectivity index (χ0v) is 12.5. The van der Waals surface area contributed by atoms with E-state index in [4.69, 9.17) is 4.74 Å². The highest BCUT2D eigenvalue weighted by molar-refractivity contribution is 5.36. The summed E-state index contributed by atoms with van der Waals surface area (Å²) in [7, 11) is 0. The van der Waals surface area contributed by atoms with E-state index in [1.807, 2.05) is 6.07 Å². The Morgan fingerprint density at radius 2 is 2.00 bits per heavy atom. The van der Waals surface area contributed by atoms with Gasteiger partial charge in [0.05, 0.1) is 6.61 Å². The van der Waals surface area contributed by atoms with Gasteiger partial charge in [-0.3, -0.25) is 0 Å². The molecule has 108 valence electrons. The zero-order chi connectivity index (χ0) is 14.3. The Hall–Kier alpha value is -1.09. The Morgan fingerprint density at radius 3 is 2.63 bits per heavy atom. The van der Waals surface area contributed by atoms with Crippen molar-refractivity contribution in [2.24, 2.45) is 5.92 Å². The third kappa shape index (κ3) is 5.19. The molecule has 0 aliphatic rings. The van der Waals surface area contributed by atoms with E-state index in [9.17, 15) is 4.39 Å². The van der Waals surface area contributed by atoms with Crippen LogP contribution in [0.2, 0.25) is 0 Å². The first-order valence-corrected chi connectivity index (χ1v) is 7.24. The summed E-state index contributed by atoms with van der Waals surface area (Å²) in [5, 5.41) is 3.33. The van der Waals surface area contributed by atoms with Gasteiger partial charge in [0.2, 0.25) is 0 Å². The molecule has 1 N–H and O–H groups in total. The van der Waals surface area contributed by atoms with Crippen LogP contribution >= 0.6 is 0 Å². The molecule has 1 aromatic rings. The monoisotopic (exact) mass is 267 g/mol. The highest BCUT2D eigenvalue weighted by Gasteiger charge is 2.13. The lowest BCUT2D eigenvalue weighted by atomic mass is 10.1. The molecule has 2 atom stereocenters. The van der Waals surface area contributed by atoms with Crippen LogP contribution in [0.5, 0.6) is 5.75 Å². The maximum atomic E-state index is 13.4. The van der Waals surface area contributed by atoms with Gasteiger partial charge in [-0.15, -0.1) is 0 Å². The van der Waals surface area contributed by atoms with Gasteiger partial charge in [-0.05, 0) is 31.9 Å². The van der Waals surface area contributed by atoms with Gasteiger partial charge >= 0.3 is 0 Å². The van der Waals surface area contributed by atoms with Crippen molar-refractivity contribution in [3.05, 3.63) is 29.6 Å². The van der Waals surface area contributed by atoms with Crippen molar-refractivity contribution >= 4 is 0 Å². The lowest BCUT2D eigenvalue weighted by molar-refractivity contribution is 0.247. The fourth-order valence-electron chi connectivity index (χ4n) is 2.22. The van der Waals surface area contributed by atoms with E-state index in [2.05, 4.69) is 33.0 Å². The number of nitrogens with one attached hydrogen (secondary N) is 1. The summed E-state index contributed by atoms with van der Waals surface area (Å²) in [5.41, 5.74) is 1.02. The van der Waals surface area contributed by atoms with Crippen LogP contribution in [0.4, 0.5) is 4.39 Å². The van der Waals surface area contributed by atoms with E-state index in [0.717, 1.165) is 24.9 Å². The molecule has 0 heterocycles. The van der Waals surface area contributed by atoms with Crippen LogP contribution in [-0.4, -0.2) is 13.2 Å². The molecule has 0 radical (unpaired) electrons. The van der Waals surface area contributed by atoms with E-state index in [0.29, 0.717) is 18.3 Å². The van der Waals surface area contributed by atoms with Crippen LogP contribution in [0, 0.1) is 11.7 Å². The Balaban J connectivity index is 2.76. The van der Waals surface area contributed by atoms with E-state index < -0.39 is 0 Å². The third-order valence-corrected chi connectivity index (χ3v) is 3.26. The topological polar surface area (TPSA) is 21.3 Å². The summed E-state index contributed by atoms with van der Waals surface area (Å²) in [5.74, 6) is 0.914. The van der Waals surface area contributed by atoms with E-state index in [1.165, 1.54) is 12.1 Å². The van der Waals surface area contributed by atoms with Gasteiger partial charge in [0, 0.05) is 17.7 Å². The van der Waals surface area contributed by atoms with Crippen LogP contribution in [0.15, 0.2) is 18.2 Å². The zero-order valence-electron chi connectivity index (χ0n) is 12.5. The van der Waals surface area contributed by atoms with Crippen LogP contribution in [0.1, 0.15) is 52.1 Å². The van der Waals surface area contributed by atoms with Crippen molar-refractivity contribution in [1.29, 1.82) is 0 Å². The molecule has 0 aromatic heterocycles. The van der Waals surface area contributed by atoms with Crippen molar-refractivity contribution in [3.63, 3.8) is 0 Å². The molecule has 0 bridgehead atoms. The second kappa shape index (κ2) is 8.16. The van der Waals surface area contributed by atoms with Crippen molar-refractivity contribution in [2.45, 2.75) is 46.6 Å². The minimum absolute atomic E-state index is 0.169. The van der Waals surface area contributed by atoms with Gasteiger partial charge in [-0.2, -0.15) is 0 Å². The van der Waals surface area contributed by atoms with Crippen LogP contribution in [-0.2, 0) is 0 Å². The molecule has 0 aliphatic heterocycles. The number of benzene rings is 1. The van der Waals surface area contributed by atoms with Crippen molar-refractivity contribution < 1.29 is 9.13 Å². The number of hydrogen-bond donors (Lipinski definition) is 1. The fraction of sp³-hybridized carbons (Fsp3) is 0.625. The molecular weight excluding hydrogens is 241 g/mol. The summed E-state index contributed by atoms with van der Waals surface area (Å²) in [6.07, 6.45) is 2.28. The number of rotatable bonds is 8. The lowest BCUT2D eigenvalue weighted by Crippen LogP contribution is -2.19. The molecule has 3 heteroatoms. The number of hydrogen-bond acceptors (Lipinski definition) is 2. The highest BCUT2D eigenvalue weighted by atomic mass is 19.1. The predicted octanol–water partition coefficient (Wildman–Crippen LogP) is 4.31. The summed E-state index contributed by atoms with van der Waals surface area (Å²) < 4.78 is 19.2. The number of halogens is 1. The maximum Gasteiger partial charge on any atom is 0.126 e. The smallest absolute Gasteiger partial charge is 0.126 e. The summed E-state index contributed by atoms with van der Waals surface area (Å²) in [6, 6.07) is 4.96. The Labute approximate surface area is 116 Å². The lowest BCUT2D eigenvalue weighted by Gasteiger charge is -2.19. The van der Waals surface area contributed by atoms with Gasteiger partial charge in [0.1, 0.15) is 11.6 Å². The average Bonchev–Trinajstić information content (AvgIpc) is 2.37. The molecule has 0 fully saturated rings. The second-order valence-electron chi connectivity index (χ2n) is 5.17. The fourth-order valence-corrected chi connectivity index (χ4v) is 2.22. The molecule has 0 saturated heterocycles. The predicted molar refractivity (Wildman–Crippen MR) is 78.1 cm³/mol. The Bertz CT molecular complexity index is 381. The molecule has 1 aromatic carbocycles. The van der Waals surface area contributed by atoms with Crippen molar-refractivity contribution in [1.82, 2.24) is 5.32 Å². The summed E-state index contributed by atoms with van der Waals surface area (Å²) in [6.45, 7) is 9.98. The minimum atomic E-state index is -0.245. The molecule has 0 spiro atoms. The van der Waals surface area contributed by atoms with E-state index >= 15 is 0 Å². The Morgan fingerprint density at radius 1 is 1.26 bits per heavy atom. The maximum absolute atomic E-state index is 13.4. The summed E-state index contributed by atoms with van der Waals surface area (Å²) in [4.78, 5) is 0. The third-order valence-electron chi connectivity index (χ3n) is 3.26. The SMILES string of the molecule is CCCC(C)COc1cc(F)ccc1C(C)NCC. The quantitative estimate of drug-likeness (QED) is 0.757. The standard InChI is InChI=1S/C16H26FNO/c1-5-7-12(3)11-19-16-10-14(17)8-9-15(16)13(4)18-6-2/h8-10,12-13,18H,5-7,11H2,1-4H3. The first kappa shape index (κ1) is 16.0. The van der Waals surface area contributed by atoms with Crippen LogP contribution in [0.25, 0.3) is 0 Å². The van der Waals surface area contributed by atoms with Crippen molar-refractivity contribution in [2.75, 3.05) is 13.2 Å². The Kier molecular flexibility index (Phi) is 6.85. The largest absolute Gasteiger partial charge is 0.493 e. The van der Waals surface area contributed by atoms with Crippen LogP contribution < -0.4 is 10.1 Å². The number of ether oxygens (including phenoxy) is 1. The highest BCUT2D eigenvalue weighted by Crippen LogP contribution is 2.26. The van der Waals surface area contributed by atoms with Crippen LogP contribution in [0.3, 0.4) is 0 Å². The molecule has 0 amide bonds. The molecular formula is C16H26FNO. The van der Waals surface area contributed by atoms with E-state index in [-0.39, 0.29) is 11.9 Å².